The molecule has 0 aromatic rings. The lowest BCUT2D eigenvalue weighted by Crippen LogP contribution is -2.71. The first-order valence-corrected chi connectivity index (χ1v) is 8.90. The fourth-order valence-corrected chi connectivity index (χ4v) is 2.20. The Labute approximate surface area is 174 Å². The number of carbonyl (C=O) groups excluding carboxylic acids is 1. The van der Waals surface area contributed by atoms with Gasteiger partial charge in [-0.1, -0.05) is 32.8 Å². The monoisotopic (exact) mass is 500 g/mol. The lowest BCUT2D eigenvalue weighted by molar-refractivity contribution is -0.427. The number of halogens is 12. The molecular formula is C17H20F12O3. The number of ether oxygens (including phenoxy) is 1. The van der Waals surface area contributed by atoms with Gasteiger partial charge in [-0.25, -0.2) is 4.79 Å². The molecule has 0 fully saturated rings. The Kier molecular flexibility index (Phi) is 9.55. The molecule has 0 rings (SSSR count). The Hall–Kier alpha value is -1.67. The van der Waals surface area contributed by atoms with Gasteiger partial charge < -0.3 is 9.84 Å². The minimum absolute atomic E-state index is 0.180. The highest BCUT2D eigenvalue weighted by atomic mass is 19.4. The molecule has 0 aromatic heterocycles. The van der Waals surface area contributed by atoms with Crippen LogP contribution in [0.1, 0.15) is 39.0 Å². The van der Waals surface area contributed by atoms with Crippen molar-refractivity contribution < 1.29 is 67.3 Å². The van der Waals surface area contributed by atoms with Crippen LogP contribution in [-0.4, -0.2) is 59.8 Å². The van der Waals surface area contributed by atoms with Gasteiger partial charge in [0.05, 0.1) is 12.2 Å². The zero-order valence-corrected chi connectivity index (χ0v) is 16.5. The zero-order valence-electron chi connectivity index (χ0n) is 16.5. The van der Waals surface area contributed by atoms with Crippen LogP contribution in [0.2, 0.25) is 0 Å². The van der Waals surface area contributed by atoms with Gasteiger partial charge in [0.25, 0.3) is 0 Å². The Balaban J connectivity index is 5.93. The number of hydrogen-bond donors (Lipinski definition) is 1. The van der Waals surface area contributed by atoms with Crippen molar-refractivity contribution in [2.24, 2.45) is 0 Å². The molecule has 0 aliphatic heterocycles. The second-order valence-corrected chi connectivity index (χ2v) is 6.85. The molecule has 0 aromatic carbocycles. The second kappa shape index (κ2) is 10.1. The van der Waals surface area contributed by atoms with E-state index >= 15 is 0 Å². The number of esters is 1. The van der Waals surface area contributed by atoms with Crippen molar-refractivity contribution in [1.82, 2.24) is 0 Å². The maximum Gasteiger partial charge on any atom is 0.384 e. The van der Waals surface area contributed by atoms with E-state index in [1.165, 1.54) is 0 Å². The lowest BCUT2D eigenvalue weighted by atomic mass is 9.89. The van der Waals surface area contributed by atoms with E-state index in [1.807, 2.05) is 0 Å². The summed E-state index contributed by atoms with van der Waals surface area (Å²) in [5.74, 6) is -44.3. The molecular weight excluding hydrogens is 480 g/mol. The van der Waals surface area contributed by atoms with E-state index in [0.717, 1.165) is 0 Å². The van der Waals surface area contributed by atoms with Gasteiger partial charge in [-0.2, -0.15) is 52.7 Å². The van der Waals surface area contributed by atoms with E-state index < -0.39 is 73.1 Å². The summed E-state index contributed by atoms with van der Waals surface area (Å²) in [6.45, 7) is -0.0267. The number of unbranched alkanes of at least 4 members (excludes halogenated alkanes) is 3. The van der Waals surface area contributed by atoms with Crippen molar-refractivity contribution in [3.05, 3.63) is 12.2 Å². The fraction of sp³-hybridized carbons (Fsp3) is 0.824. The number of rotatable bonds is 14. The van der Waals surface area contributed by atoms with E-state index in [-0.39, 0.29) is 12.8 Å². The molecule has 3 nitrogen and oxygen atoms in total. The summed E-state index contributed by atoms with van der Waals surface area (Å²) >= 11 is 0. The molecule has 0 heterocycles. The molecule has 0 amide bonds. The molecule has 15 heteroatoms. The fourth-order valence-electron chi connectivity index (χ4n) is 2.20. The van der Waals surface area contributed by atoms with Crippen LogP contribution in [0.3, 0.4) is 0 Å². The summed E-state index contributed by atoms with van der Waals surface area (Å²) in [4.78, 5) is 11.0. The first-order chi connectivity index (χ1) is 14.2. The van der Waals surface area contributed by atoms with Crippen LogP contribution in [0.15, 0.2) is 12.2 Å². The molecule has 0 atom stereocenters. The van der Waals surface area contributed by atoms with Crippen molar-refractivity contribution in [1.29, 1.82) is 0 Å². The third-order valence-electron chi connectivity index (χ3n) is 4.31. The summed E-state index contributed by atoms with van der Waals surface area (Å²) in [5.41, 5.74) is -1.03. The van der Waals surface area contributed by atoms with Crippen LogP contribution in [0, 0.1) is 0 Å². The van der Waals surface area contributed by atoms with Crippen molar-refractivity contribution >= 4 is 5.97 Å². The highest BCUT2D eigenvalue weighted by Crippen LogP contribution is 2.60. The molecule has 0 aliphatic rings. The molecule has 0 aliphatic carbocycles. The molecule has 0 saturated heterocycles. The minimum atomic E-state index is -7.72. The molecule has 190 valence electrons. The normalized spacial score (nSPS) is 14.4. The number of alkyl halides is 12. The number of carbonyl (C=O) groups is 1. The number of aliphatic hydroxyl groups is 1. The Morgan fingerprint density at radius 2 is 1.19 bits per heavy atom. The van der Waals surface area contributed by atoms with Crippen molar-refractivity contribution in [3.8, 4) is 0 Å². The molecule has 0 saturated carbocycles. The van der Waals surface area contributed by atoms with Crippen LogP contribution < -0.4 is 0 Å². The molecule has 32 heavy (non-hydrogen) atoms. The minimum Gasteiger partial charge on any atom is -0.456 e. The van der Waals surface area contributed by atoms with Crippen molar-refractivity contribution in [2.75, 3.05) is 13.2 Å². The van der Waals surface area contributed by atoms with Crippen LogP contribution in [0.4, 0.5) is 52.7 Å². The van der Waals surface area contributed by atoms with E-state index in [1.54, 1.807) is 6.92 Å². The van der Waals surface area contributed by atoms with Crippen LogP contribution >= 0.6 is 0 Å². The Morgan fingerprint density at radius 3 is 1.59 bits per heavy atom. The molecule has 0 bridgehead atoms. The summed E-state index contributed by atoms with van der Waals surface area (Å²) in [7, 11) is 0. The van der Waals surface area contributed by atoms with E-state index in [0.29, 0.717) is 6.42 Å². The van der Waals surface area contributed by atoms with E-state index in [2.05, 4.69) is 11.3 Å². The van der Waals surface area contributed by atoms with Gasteiger partial charge in [-0.15, -0.1) is 0 Å². The third-order valence-corrected chi connectivity index (χ3v) is 4.31. The molecule has 0 radical (unpaired) electrons. The number of hydrogen-bond acceptors (Lipinski definition) is 3. The maximum absolute atomic E-state index is 13.7. The summed E-state index contributed by atoms with van der Waals surface area (Å²) in [6.07, 6.45) is -2.61. The average Bonchev–Trinajstić information content (AvgIpc) is 2.67. The maximum atomic E-state index is 13.7. The first-order valence-electron chi connectivity index (χ1n) is 8.90. The van der Waals surface area contributed by atoms with Gasteiger partial charge in [-0.3, -0.25) is 0 Å². The SMILES string of the molecule is C=C(CO)C(=O)OCC(F)(F)C(F)(F)C(F)(F)C(F)(F)C(F)(F)C(F)(F)CCCCCC. The van der Waals surface area contributed by atoms with Gasteiger partial charge >= 0.3 is 41.5 Å². The Morgan fingerprint density at radius 1 is 0.750 bits per heavy atom. The van der Waals surface area contributed by atoms with Gasteiger partial charge in [0.15, 0.2) is 6.61 Å². The summed E-state index contributed by atoms with van der Waals surface area (Å²) in [5, 5.41) is 8.48. The van der Waals surface area contributed by atoms with Gasteiger partial charge in [0.2, 0.25) is 0 Å². The first kappa shape index (κ1) is 30.3. The van der Waals surface area contributed by atoms with E-state index in [9.17, 15) is 57.5 Å². The standard InChI is InChI=1S/C17H20F12O3/c1-3-4-5-6-7-12(18,19)14(22,23)16(26,27)17(28,29)15(24,25)13(20,21)9-32-11(31)10(2)8-30/h30H,2-9H2,1H3. The smallest absolute Gasteiger partial charge is 0.384 e. The Bertz CT molecular complexity index is 661. The molecule has 0 unspecified atom stereocenters. The zero-order chi connectivity index (χ0) is 25.8. The largest absolute Gasteiger partial charge is 0.456 e. The molecule has 1 N–H and O–H groups in total. The quantitative estimate of drug-likeness (QED) is 0.141. The van der Waals surface area contributed by atoms with Gasteiger partial charge in [0.1, 0.15) is 0 Å². The highest BCUT2D eigenvalue weighted by Gasteiger charge is 2.89. The van der Waals surface area contributed by atoms with Crippen molar-refractivity contribution in [3.63, 3.8) is 0 Å². The van der Waals surface area contributed by atoms with Gasteiger partial charge in [-0.05, 0) is 6.42 Å². The highest BCUT2D eigenvalue weighted by molar-refractivity contribution is 5.87. The van der Waals surface area contributed by atoms with Crippen LogP contribution in [0.25, 0.3) is 0 Å². The number of aliphatic hydroxyl groups excluding tert-OH is 1. The second-order valence-electron chi connectivity index (χ2n) is 6.85. The van der Waals surface area contributed by atoms with Crippen LogP contribution in [0.5, 0.6) is 0 Å². The van der Waals surface area contributed by atoms with E-state index in [4.69, 9.17) is 5.11 Å². The lowest BCUT2D eigenvalue weighted by Gasteiger charge is -2.41. The average molecular weight is 500 g/mol. The third kappa shape index (κ3) is 5.45. The predicted molar refractivity (Wildman–Crippen MR) is 85.6 cm³/mol. The summed E-state index contributed by atoms with van der Waals surface area (Å²) < 4.78 is 167. The van der Waals surface area contributed by atoms with Gasteiger partial charge in [0, 0.05) is 6.42 Å². The predicted octanol–water partition coefficient (Wildman–Crippen LogP) is 5.86. The topological polar surface area (TPSA) is 46.5 Å². The molecule has 0 spiro atoms. The van der Waals surface area contributed by atoms with Crippen molar-refractivity contribution in [2.45, 2.75) is 74.6 Å². The van der Waals surface area contributed by atoms with Crippen LogP contribution in [-0.2, 0) is 9.53 Å². The summed E-state index contributed by atoms with van der Waals surface area (Å²) in [6, 6.07) is 0.